The van der Waals surface area contributed by atoms with Crippen LogP contribution in [0.5, 0.6) is 0 Å². The van der Waals surface area contributed by atoms with Gasteiger partial charge in [0.1, 0.15) is 0 Å². The molecule has 0 aliphatic heterocycles. The number of amides is 1. The summed E-state index contributed by atoms with van der Waals surface area (Å²) in [6.07, 6.45) is 0. The fraction of sp³-hybridized carbons (Fsp3) is 0.188. The first-order chi connectivity index (χ1) is 9.97. The maximum Gasteiger partial charge on any atom is 0.254 e. The normalized spacial score (nSPS) is 10.3. The van der Waals surface area contributed by atoms with Gasteiger partial charge in [0.15, 0.2) is 0 Å². The highest BCUT2D eigenvalue weighted by molar-refractivity contribution is 9.10. The van der Waals surface area contributed by atoms with Crippen molar-refractivity contribution in [3.05, 3.63) is 63.1 Å². The molecule has 0 saturated carbocycles. The second-order valence-corrected chi connectivity index (χ2v) is 6.20. The summed E-state index contributed by atoms with van der Waals surface area (Å²) < 4.78 is 1.04. The minimum absolute atomic E-state index is 0.105. The molecule has 2 aromatic rings. The Labute approximate surface area is 138 Å². The third-order valence-corrected chi connectivity index (χ3v) is 3.81. The van der Waals surface area contributed by atoms with Crippen molar-refractivity contribution in [1.29, 1.82) is 0 Å². The summed E-state index contributed by atoms with van der Waals surface area (Å²) in [5, 5.41) is 3.76. The van der Waals surface area contributed by atoms with E-state index in [1.54, 1.807) is 26.2 Å². The van der Waals surface area contributed by atoms with Crippen molar-refractivity contribution >= 4 is 39.1 Å². The van der Waals surface area contributed by atoms with E-state index in [-0.39, 0.29) is 5.91 Å². The molecule has 5 heteroatoms. The maximum absolute atomic E-state index is 12.0. The van der Waals surface area contributed by atoms with Gasteiger partial charge < -0.3 is 10.2 Å². The van der Waals surface area contributed by atoms with Crippen LogP contribution in [0.1, 0.15) is 15.9 Å². The molecule has 1 N–H and O–H groups in total. The van der Waals surface area contributed by atoms with Crippen molar-refractivity contribution in [1.82, 2.24) is 4.90 Å². The lowest BCUT2D eigenvalue weighted by molar-refractivity contribution is 0.0828. The standard InChI is InChI=1S/C16H16BrClN2O/c1-20(2)16(21)14-9-13(6-7-15(14)18)19-10-11-4-3-5-12(17)8-11/h3-9,19H,10H2,1-2H3. The van der Waals surface area contributed by atoms with E-state index in [4.69, 9.17) is 11.6 Å². The number of halogens is 2. The summed E-state index contributed by atoms with van der Waals surface area (Å²) >= 11 is 9.54. The molecule has 0 spiro atoms. The van der Waals surface area contributed by atoms with Crippen LogP contribution in [0.4, 0.5) is 5.69 Å². The number of hydrogen-bond donors (Lipinski definition) is 1. The first-order valence-electron chi connectivity index (χ1n) is 6.47. The van der Waals surface area contributed by atoms with Crippen molar-refractivity contribution < 1.29 is 4.79 Å². The van der Waals surface area contributed by atoms with Gasteiger partial charge in [-0.25, -0.2) is 0 Å². The second kappa shape index (κ2) is 6.96. The summed E-state index contributed by atoms with van der Waals surface area (Å²) in [4.78, 5) is 13.6. The molecule has 0 aliphatic rings. The first kappa shape index (κ1) is 15.9. The Morgan fingerprint density at radius 3 is 2.67 bits per heavy atom. The molecule has 0 heterocycles. The van der Waals surface area contributed by atoms with Gasteiger partial charge in [-0.1, -0.05) is 39.7 Å². The Morgan fingerprint density at radius 2 is 2.00 bits per heavy atom. The van der Waals surface area contributed by atoms with E-state index in [1.807, 2.05) is 24.3 Å². The van der Waals surface area contributed by atoms with Gasteiger partial charge in [-0.3, -0.25) is 4.79 Å². The predicted octanol–water partition coefficient (Wildman–Crippen LogP) is 4.42. The quantitative estimate of drug-likeness (QED) is 0.868. The predicted molar refractivity (Wildman–Crippen MR) is 90.9 cm³/mol. The molecular formula is C16H16BrClN2O. The molecule has 2 aromatic carbocycles. The lowest BCUT2D eigenvalue weighted by Crippen LogP contribution is -2.22. The van der Waals surface area contributed by atoms with Crippen molar-refractivity contribution in [2.75, 3.05) is 19.4 Å². The molecule has 0 aromatic heterocycles. The Kier molecular flexibility index (Phi) is 5.26. The zero-order valence-corrected chi connectivity index (χ0v) is 14.2. The lowest BCUT2D eigenvalue weighted by Gasteiger charge is -2.13. The Morgan fingerprint density at radius 1 is 1.24 bits per heavy atom. The molecular weight excluding hydrogens is 352 g/mol. The molecule has 0 fully saturated rings. The fourth-order valence-corrected chi connectivity index (χ4v) is 2.54. The largest absolute Gasteiger partial charge is 0.381 e. The fourth-order valence-electron chi connectivity index (χ4n) is 1.89. The van der Waals surface area contributed by atoms with Crippen LogP contribution >= 0.6 is 27.5 Å². The molecule has 0 unspecified atom stereocenters. The van der Waals surface area contributed by atoms with E-state index in [0.717, 1.165) is 15.7 Å². The number of hydrogen-bond acceptors (Lipinski definition) is 2. The van der Waals surface area contributed by atoms with Crippen molar-refractivity contribution in [3.63, 3.8) is 0 Å². The minimum atomic E-state index is -0.105. The van der Waals surface area contributed by atoms with E-state index < -0.39 is 0 Å². The highest BCUT2D eigenvalue weighted by atomic mass is 79.9. The van der Waals surface area contributed by atoms with Gasteiger partial charge in [-0.05, 0) is 35.9 Å². The third kappa shape index (κ3) is 4.22. The molecule has 21 heavy (non-hydrogen) atoms. The van der Waals surface area contributed by atoms with E-state index in [1.165, 1.54) is 4.90 Å². The summed E-state index contributed by atoms with van der Waals surface area (Å²) in [7, 11) is 3.42. The Hall–Kier alpha value is -1.52. The number of rotatable bonds is 4. The molecule has 2 rings (SSSR count). The zero-order valence-electron chi connectivity index (χ0n) is 11.9. The van der Waals surface area contributed by atoms with Gasteiger partial charge in [-0.2, -0.15) is 0 Å². The molecule has 3 nitrogen and oxygen atoms in total. The van der Waals surface area contributed by atoms with Crippen LogP contribution in [0.15, 0.2) is 46.9 Å². The Balaban J connectivity index is 2.14. The van der Waals surface area contributed by atoms with Gasteiger partial charge in [0.2, 0.25) is 0 Å². The SMILES string of the molecule is CN(C)C(=O)c1cc(NCc2cccc(Br)c2)ccc1Cl. The van der Waals surface area contributed by atoms with Crippen molar-refractivity contribution in [2.24, 2.45) is 0 Å². The summed E-state index contributed by atoms with van der Waals surface area (Å²) in [5.74, 6) is -0.105. The van der Waals surface area contributed by atoms with E-state index in [9.17, 15) is 4.79 Å². The van der Waals surface area contributed by atoms with Gasteiger partial charge in [-0.15, -0.1) is 0 Å². The topological polar surface area (TPSA) is 32.3 Å². The van der Waals surface area contributed by atoms with E-state index in [2.05, 4.69) is 27.3 Å². The summed E-state index contributed by atoms with van der Waals surface area (Å²) in [6.45, 7) is 0.677. The summed E-state index contributed by atoms with van der Waals surface area (Å²) in [6, 6.07) is 13.5. The molecule has 0 saturated heterocycles. The molecule has 0 atom stereocenters. The first-order valence-corrected chi connectivity index (χ1v) is 7.64. The highest BCUT2D eigenvalue weighted by Gasteiger charge is 2.12. The smallest absolute Gasteiger partial charge is 0.254 e. The minimum Gasteiger partial charge on any atom is -0.381 e. The Bertz CT molecular complexity index is 658. The van der Waals surface area contributed by atoms with Crippen LogP contribution in [0, 0.1) is 0 Å². The van der Waals surface area contributed by atoms with Gasteiger partial charge in [0.25, 0.3) is 5.91 Å². The monoisotopic (exact) mass is 366 g/mol. The highest BCUT2D eigenvalue weighted by Crippen LogP contribution is 2.22. The van der Waals surface area contributed by atoms with Gasteiger partial charge in [0, 0.05) is 30.8 Å². The van der Waals surface area contributed by atoms with E-state index in [0.29, 0.717) is 17.1 Å². The maximum atomic E-state index is 12.0. The third-order valence-electron chi connectivity index (χ3n) is 2.99. The number of benzene rings is 2. The van der Waals surface area contributed by atoms with Gasteiger partial charge >= 0.3 is 0 Å². The molecule has 0 radical (unpaired) electrons. The number of carbonyl (C=O) groups is 1. The van der Waals surface area contributed by atoms with Crippen LogP contribution < -0.4 is 5.32 Å². The van der Waals surface area contributed by atoms with Gasteiger partial charge in [0.05, 0.1) is 10.6 Å². The number of nitrogens with one attached hydrogen (secondary N) is 1. The number of anilines is 1. The van der Waals surface area contributed by atoms with Crippen LogP contribution in [-0.4, -0.2) is 24.9 Å². The van der Waals surface area contributed by atoms with Crippen molar-refractivity contribution in [2.45, 2.75) is 6.54 Å². The van der Waals surface area contributed by atoms with Crippen LogP contribution in [-0.2, 0) is 6.54 Å². The van der Waals surface area contributed by atoms with Crippen LogP contribution in [0.3, 0.4) is 0 Å². The number of carbonyl (C=O) groups excluding carboxylic acids is 1. The average Bonchev–Trinajstić information content (AvgIpc) is 2.45. The summed E-state index contributed by atoms with van der Waals surface area (Å²) in [5.41, 5.74) is 2.52. The molecule has 110 valence electrons. The molecule has 1 amide bonds. The second-order valence-electron chi connectivity index (χ2n) is 4.88. The molecule has 0 bridgehead atoms. The number of nitrogens with zero attached hydrogens (tertiary/aromatic N) is 1. The average molecular weight is 368 g/mol. The lowest BCUT2D eigenvalue weighted by atomic mass is 10.1. The van der Waals surface area contributed by atoms with Crippen molar-refractivity contribution in [3.8, 4) is 0 Å². The molecule has 0 aliphatic carbocycles. The van der Waals surface area contributed by atoms with Crippen LogP contribution in [0.25, 0.3) is 0 Å². The van der Waals surface area contributed by atoms with E-state index >= 15 is 0 Å². The van der Waals surface area contributed by atoms with Crippen LogP contribution in [0.2, 0.25) is 5.02 Å². The zero-order chi connectivity index (χ0) is 15.4.